The van der Waals surface area contributed by atoms with Crippen LogP contribution in [0.25, 0.3) is 0 Å². The summed E-state index contributed by atoms with van der Waals surface area (Å²) in [7, 11) is 0. The number of carbonyl (C=O) groups is 4. The van der Waals surface area contributed by atoms with Gasteiger partial charge in [-0.15, -0.1) is 0 Å². The van der Waals surface area contributed by atoms with Gasteiger partial charge < -0.3 is 24.3 Å². The van der Waals surface area contributed by atoms with E-state index in [0.717, 1.165) is 0 Å². The Labute approximate surface area is 178 Å². The fourth-order valence-electron chi connectivity index (χ4n) is 2.93. The molecule has 1 fully saturated rings. The number of carbonyl (C=O) groups excluding carboxylic acids is 4. The second-order valence-electron chi connectivity index (χ2n) is 6.51. The summed E-state index contributed by atoms with van der Waals surface area (Å²) in [5.41, 5.74) is -0.777. The number of rotatable bonds is 7. The Bertz CT molecular complexity index is 775. The molecule has 0 saturated carbocycles. The van der Waals surface area contributed by atoms with Crippen LogP contribution in [0.1, 0.15) is 27.7 Å². The van der Waals surface area contributed by atoms with Gasteiger partial charge in [0.25, 0.3) is 0 Å². The lowest BCUT2D eigenvalue weighted by Gasteiger charge is -2.44. The number of thioether (sulfide) groups is 1. The molecule has 1 aliphatic heterocycles. The van der Waals surface area contributed by atoms with E-state index in [2.05, 4.69) is 10.3 Å². The highest BCUT2D eigenvalue weighted by Crippen LogP contribution is 2.35. The molecule has 1 amide bonds. The molecule has 0 spiro atoms. The molecular weight excluding hydrogens is 416 g/mol. The Morgan fingerprint density at radius 1 is 1.03 bits per heavy atom. The highest BCUT2D eigenvalue weighted by molar-refractivity contribution is 7.99. The van der Waals surface area contributed by atoms with E-state index in [-0.39, 0.29) is 6.61 Å². The number of pyridine rings is 1. The second kappa shape index (κ2) is 10.9. The van der Waals surface area contributed by atoms with Crippen molar-refractivity contribution in [3.8, 4) is 0 Å². The molecule has 0 aliphatic carbocycles. The summed E-state index contributed by atoms with van der Waals surface area (Å²) in [6.45, 7) is 4.69. The fraction of sp³-hybridized carbons (Fsp3) is 0.526. The van der Waals surface area contributed by atoms with Crippen molar-refractivity contribution in [1.82, 2.24) is 10.3 Å². The van der Waals surface area contributed by atoms with E-state index in [1.165, 1.54) is 39.5 Å². The summed E-state index contributed by atoms with van der Waals surface area (Å²) in [4.78, 5) is 50.9. The largest absolute Gasteiger partial charge is 0.463 e. The van der Waals surface area contributed by atoms with Crippen molar-refractivity contribution in [2.45, 2.75) is 62.5 Å². The average Bonchev–Trinajstić information content (AvgIpc) is 2.64. The van der Waals surface area contributed by atoms with E-state index in [1.807, 2.05) is 0 Å². The molecule has 1 saturated heterocycles. The molecule has 0 aromatic carbocycles. The molecular formula is C19H24N2O8S. The van der Waals surface area contributed by atoms with Gasteiger partial charge in [0, 0.05) is 33.9 Å². The number of aromatic nitrogens is 1. The zero-order chi connectivity index (χ0) is 22.3. The van der Waals surface area contributed by atoms with Gasteiger partial charge in [0.2, 0.25) is 5.91 Å². The first kappa shape index (κ1) is 23.6. The van der Waals surface area contributed by atoms with Crippen molar-refractivity contribution in [1.29, 1.82) is 0 Å². The first-order chi connectivity index (χ1) is 14.2. The van der Waals surface area contributed by atoms with Crippen molar-refractivity contribution in [2.24, 2.45) is 0 Å². The van der Waals surface area contributed by atoms with Gasteiger partial charge in [-0.2, -0.15) is 0 Å². The van der Waals surface area contributed by atoms with Crippen LogP contribution in [0.15, 0.2) is 29.4 Å². The normalized spacial score (nSPS) is 25.7. The fourth-order valence-corrected chi connectivity index (χ4v) is 4.01. The Balaban J connectivity index is 2.42. The number of hydrogen-bond donors (Lipinski definition) is 1. The van der Waals surface area contributed by atoms with Gasteiger partial charge in [-0.3, -0.25) is 19.2 Å². The quantitative estimate of drug-likeness (QED) is 0.480. The molecule has 30 heavy (non-hydrogen) atoms. The van der Waals surface area contributed by atoms with Gasteiger partial charge in [-0.1, -0.05) is 17.8 Å². The minimum Gasteiger partial charge on any atom is -0.463 e. The van der Waals surface area contributed by atoms with E-state index in [9.17, 15) is 19.2 Å². The van der Waals surface area contributed by atoms with E-state index in [4.69, 9.17) is 18.9 Å². The van der Waals surface area contributed by atoms with Gasteiger partial charge in [0.05, 0.1) is 5.03 Å². The van der Waals surface area contributed by atoms with Gasteiger partial charge in [0.1, 0.15) is 24.2 Å². The van der Waals surface area contributed by atoms with Crippen LogP contribution in [0, 0.1) is 0 Å². The summed E-state index contributed by atoms with van der Waals surface area (Å²) in [5.74, 6) is -2.23. The zero-order valence-corrected chi connectivity index (χ0v) is 17.8. The minimum absolute atomic E-state index is 0.239. The van der Waals surface area contributed by atoms with Crippen LogP contribution in [-0.2, 0) is 38.1 Å². The number of esters is 3. The highest BCUT2D eigenvalue weighted by Gasteiger charge is 2.51. The number of nitrogens with zero attached hydrogens (tertiary/aromatic N) is 1. The van der Waals surface area contributed by atoms with E-state index in [1.54, 1.807) is 24.4 Å². The van der Waals surface area contributed by atoms with Crippen LogP contribution < -0.4 is 5.32 Å². The minimum atomic E-state index is -1.11. The number of nitrogens with one attached hydrogen (secondary N) is 1. The van der Waals surface area contributed by atoms with E-state index >= 15 is 0 Å². The predicted molar refractivity (Wildman–Crippen MR) is 104 cm³/mol. The van der Waals surface area contributed by atoms with Crippen molar-refractivity contribution in [3.05, 3.63) is 24.4 Å². The maximum Gasteiger partial charge on any atom is 0.303 e. The first-order valence-corrected chi connectivity index (χ1v) is 10.0. The number of hydrogen-bond acceptors (Lipinski definition) is 10. The highest BCUT2D eigenvalue weighted by atomic mass is 32.2. The smallest absolute Gasteiger partial charge is 0.303 e. The number of ether oxygens (including phenoxy) is 4. The third-order valence-electron chi connectivity index (χ3n) is 3.95. The standard InChI is InChI=1S/C19H24N2O8S/c1-10(22)21-16-18(28-13(4)25)17(27-12(3)24)14(9-26-11(2)23)29-19(16)30-15-7-5-6-8-20-15/h5-8,14,16-19H,9H2,1-4H3,(H,21,22)/t14-,16-,17-,18-,19?/m1/s1. The average molecular weight is 440 g/mol. The summed E-state index contributed by atoms with van der Waals surface area (Å²) in [6, 6.07) is 4.42. The van der Waals surface area contributed by atoms with E-state index in [0.29, 0.717) is 5.03 Å². The number of amides is 1. The molecule has 2 rings (SSSR count). The van der Waals surface area contributed by atoms with Crippen LogP contribution >= 0.6 is 11.8 Å². The molecule has 0 bridgehead atoms. The molecule has 5 atom stereocenters. The van der Waals surface area contributed by atoms with Gasteiger partial charge >= 0.3 is 17.9 Å². The molecule has 2 heterocycles. The van der Waals surface area contributed by atoms with Crippen LogP contribution in [0.3, 0.4) is 0 Å². The lowest BCUT2D eigenvalue weighted by atomic mass is 9.97. The predicted octanol–water partition coefficient (Wildman–Crippen LogP) is 0.830. The first-order valence-electron chi connectivity index (χ1n) is 9.15. The molecule has 1 aliphatic rings. The van der Waals surface area contributed by atoms with Gasteiger partial charge in [-0.05, 0) is 12.1 Å². The Morgan fingerprint density at radius 2 is 1.70 bits per heavy atom. The van der Waals surface area contributed by atoms with Crippen molar-refractivity contribution in [2.75, 3.05) is 6.61 Å². The SMILES string of the molecule is CC(=O)N[C@H]1C(Sc2ccccn2)O[C@H](COC(C)=O)[C@@H](OC(C)=O)[C@@H]1OC(C)=O. The van der Waals surface area contributed by atoms with Crippen LogP contribution in [0.2, 0.25) is 0 Å². The molecule has 1 aromatic heterocycles. The lowest BCUT2D eigenvalue weighted by Crippen LogP contribution is -2.65. The molecule has 1 N–H and O–H groups in total. The maximum absolute atomic E-state index is 11.9. The van der Waals surface area contributed by atoms with Crippen molar-refractivity contribution < 1.29 is 38.1 Å². The second-order valence-corrected chi connectivity index (χ2v) is 7.62. The van der Waals surface area contributed by atoms with Gasteiger partial charge in [0.15, 0.2) is 12.2 Å². The zero-order valence-electron chi connectivity index (χ0n) is 17.0. The summed E-state index contributed by atoms with van der Waals surface area (Å²) in [6.07, 6.45) is -1.53. The topological polar surface area (TPSA) is 130 Å². The summed E-state index contributed by atoms with van der Waals surface area (Å²) in [5, 5.41) is 3.30. The third kappa shape index (κ3) is 6.99. The molecule has 1 unspecified atom stereocenters. The Kier molecular flexibility index (Phi) is 8.60. The van der Waals surface area contributed by atoms with Gasteiger partial charge in [-0.25, -0.2) is 4.98 Å². The van der Waals surface area contributed by atoms with Crippen molar-refractivity contribution in [3.63, 3.8) is 0 Å². The van der Waals surface area contributed by atoms with Crippen LogP contribution in [0.4, 0.5) is 0 Å². The molecule has 0 radical (unpaired) electrons. The van der Waals surface area contributed by atoms with E-state index < -0.39 is 53.6 Å². The van der Waals surface area contributed by atoms with Crippen molar-refractivity contribution >= 4 is 35.6 Å². The Hall–Kier alpha value is -2.66. The lowest BCUT2D eigenvalue weighted by molar-refractivity contribution is -0.211. The monoisotopic (exact) mass is 440 g/mol. The third-order valence-corrected chi connectivity index (χ3v) is 5.07. The molecule has 11 heteroatoms. The molecule has 164 valence electrons. The van der Waals surface area contributed by atoms with Crippen LogP contribution in [0.5, 0.6) is 0 Å². The Morgan fingerprint density at radius 3 is 2.23 bits per heavy atom. The summed E-state index contributed by atoms with van der Waals surface area (Å²) >= 11 is 1.18. The molecule has 10 nitrogen and oxygen atoms in total. The summed E-state index contributed by atoms with van der Waals surface area (Å²) < 4.78 is 21.9. The molecule has 1 aromatic rings. The maximum atomic E-state index is 11.9. The van der Waals surface area contributed by atoms with Crippen LogP contribution in [-0.4, -0.2) is 65.2 Å².